The first kappa shape index (κ1) is 19.4. The first-order chi connectivity index (χ1) is 12.6. The number of carbonyl (C=O) groups is 1. The number of thioether (sulfide) groups is 1. The maximum absolute atomic E-state index is 12.7. The van der Waals surface area contributed by atoms with E-state index in [9.17, 15) is 13.2 Å². The van der Waals surface area contributed by atoms with Crippen LogP contribution in [0.1, 0.15) is 19.3 Å². The molecule has 8 heteroatoms. The summed E-state index contributed by atoms with van der Waals surface area (Å²) < 4.78 is 27.0. The van der Waals surface area contributed by atoms with E-state index >= 15 is 0 Å². The Labute approximate surface area is 162 Å². The number of carbonyl (C=O) groups excluding carboxylic acids is 1. The largest absolute Gasteiger partial charge is 0.355 e. The molecule has 1 aromatic heterocycles. The maximum atomic E-state index is 12.7. The molecule has 1 aliphatic rings. The van der Waals surface area contributed by atoms with Gasteiger partial charge < -0.3 is 5.32 Å². The van der Waals surface area contributed by atoms with Crippen molar-refractivity contribution in [1.82, 2.24) is 9.62 Å². The topological polar surface area (TPSA) is 66.5 Å². The molecule has 1 fully saturated rings. The smallest absolute Gasteiger partial charge is 0.253 e. The fraction of sp³-hybridized carbons (Fsp3) is 0.389. The van der Waals surface area contributed by atoms with E-state index in [4.69, 9.17) is 0 Å². The average Bonchev–Trinajstić information content (AvgIpc) is 3.34. The van der Waals surface area contributed by atoms with Gasteiger partial charge in [0.2, 0.25) is 5.91 Å². The summed E-state index contributed by atoms with van der Waals surface area (Å²) in [7, 11) is -3.57. The minimum atomic E-state index is -3.57. The van der Waals surface area contributed by atoms with Gasteiger partial charge >= 0.3 is 0 Å². The molecule has 26 heavy (non-hydrogen) atoms. The van der Waals surface area contributed by atoms with Gasteiger partial charge in [-0.05, 0) is 48.6 Å². The molecule has 0 spiro atoms. The Kier molecular flexibility index (Phi) is 6.74. The van der Waals surface area contributed by atoms with Crippen LogP contribution in [0, 0.1) is 0 Å². The van der Waals surface area contributed by atoms with Crippen molar-refractivity contribution in [2.24, 2.45) is 0 Å². The third-order valence-corrected chi connectivity index (χ3v) is 8.58. The van der Waals surface area contributed by atoms with Crippen molar-refractivity contribution < 1.29 is 13.2 Å². The van der Waals surface area contributed by atoms with Crippen LogP contribution in [-0.2, 0) is 14.8 Å². The fourth-order valence-corrected chi connectivity index (χ4v) is 6.57. The summed E-state index contributed by atoms with van der Waals surface area (Å²) in [6, 6.07) is 12.8. The van der Waals surface area contributed by atoms with Crippen molar-refractivity contribution in [2.75, 3.05) is 18.8 Å². The predicted octanol–water partition coefficient (Wildman–Crippen LogP) is 3.20. The Morgan fingerprint density at radius 3 is 2.77 bits per heavy atom. The normalized spacial score (nSPS) is 18.1. The van der Waals surface area contributed by atoms with Gasteiger partial charge in [-0.3, -0.25) is 4.79 Å². The molecule has 0 aliphatic carbocycles. The molecule has 1 saturated heterocycles. The summed E-state index contributed by atoms with van der Waals surface area (Å²) in [6.45, 7) is 0.963. The summed E-state index contributed by atoms with van der Waals surface area (Å²) in [5.41, 5.74) is 0. The van der Waals surface area contributed by atoms with Crippen molar-refractivity contribution in [2.45, 2.75) is 34.4 Å². The van der Waals surface area contributed by atoms with E-state index in [-0.39, 0.29) is 5.91 Å². The number of sulfonamides is 1. The van der Waals surface area contributed by atoms with E-state index in [0.717, 1.165) is 12.2 Å². The molecule has 1 aliphatic heterocycles. The first-order valence-corrected chi connectivity index (χ1v) is 11.9. The standard InChI is InChI=1S/C18H22N2O3S3/c21-18(19-11-6-14-24-15-7-2-1-3-8-15)16-9-4-12-20(16)26(22,23)17-10-5-13-25-17/h1-3,5,7-8,10,13,16H,4,6,9,11-12,14H2,(H,19,21). The molecule has 1 amide bonds. The van der Waals surface area contributed by atoms with Crippen LogP contribution in [0.2, 0.25) is 0 Å². The summed E-state index contributed by atoms with van der Waals surface area (Å²) in [4.78, 5) is 13.7. The molecule has 3 rings (SSSR count). The Morgan fingerprint density at radius 1 is 1.23 bits per heavy atom. The molecular formula is C18H22N2O3S3. The number of thiophene rings is 1. The number of hydrogen-bond acceptors (Lipinski definition) is 5. The highest BCUT2D eigenvalue weighted by molar-refractivity contribution is 7.99. The van der Waals surface area contributed by atoms with Gasteiger partial charge in [0.05, 0.1) is 0 Å². The second kappa shape index (κ2) is 9.03. The lowest BCUT2D eigenvalue weighted by atomic mass is 10.2. The van der Waals surface area contributed by atoms with Crippen molar-refractivity contribution in [1.29, 1.82) is 0 Å². The molecule has 140 valence electrons. The minimum absolute atomic E-state index is 0.188. The summed E-state index contributed by atoms with van der Waals surface area (Å²) in [6.07, 6.45) is 2.14. The van der Waals surface area contributed by atoms with Crippen LogP contribution in [0.5, 0.6) is 0 Å². The highest BCUT2D eigenvalue weighted by Gasteiger charge is 2.39. The Bertz CT molecular complexity index is 807. The van der Waals surface area contributed by atoms with Gasteiger partial charge in [0.1, 0.15) is 10.3 Å². The number of nitrogens with zero attached hydrogens (tertiary/aromatic N) is 1. The Balaban J connectivity index is 1.48. The number of rotatable bonds is 8. The Morgan fingerprint density at radius 2 is 2.04 bits per heavy atom. The third kappa shape index (κ3) is 4.68. The highest BCUT2D eigenvalue weighted by Crippen LogP contribution is 2.28. The zero-order valence-electron chi connectivity index (χ0n) is 14.3. The van der Waals surface area contributed by atoms with Crippen molar-refractivity contribution >= 4 is 39.0 Å². The van der Waals surface area contributed by atoms with Crippen LogP contribution in [0.25, 0.3) is 0 Å². The van der Waals surface area contributed by atoms with E-state index in [2.05, 4.69) is 17.4 Å². The lowest BCUT2D eigenvalue weighted by molar-refractivity contribution is -0.124. The van der Waals surface area contributed by atoms with E-state index in [1.54, 1.807) is 29.3 Å². The number of amides is 1. The van der Waals surface area contributed by atoms with Crippen LogP contribution in [0.4, 0.5) is 0 Å². The summed E-state index contributed by atoms with van der Waals surface area (Å²) in [5, 5.41) is 4.64. The van der Waals surface area contributed by atoms with Gasteiger partial charge in [-0.15, -0.1) is 23.1 Å². The molecule has 2 heterocycles. The lowest BCUT2D eigenvalue weighted by Gasteiger charge is -2.22. The molecule has 1 unspecified atom stereocenters. The van der Waals surface area contributed by atoms with Gasteiger partial charge in [-0.2, -0.15) is 4.31 Å². The van der Waals surface area contributed by atoms with E-state index in [1.807, 2.05) is 18.2 Å². The van der Waals surface area contributed by atoms with Crippen LogP contribution in [-0.4, -0.2) is 43.5 Å². The number of nitrogens with one attached hydrogen (secondary N) is 1. The second-order valence-electron chi connectivity index (χ2n) is 6.01. The minimum Gasteiger partial charge on any atom is -0.355 e. The van der Waals surface area contributed by atoms with Gasteiger partial charge in [0.25, 0.3) is 10.0 Å². The van der Waals surface area contributed by atoms with Crippen molar-refractivity contribution in [3.8, 4) is 0 Å². The molecule has 0 radical (unpaired) electrons. The molecular weight excluding hydrogens is 388 g/mol. The molecule has 2 aromatic rings. The lowest BCUT2D eigenvalue weighted by Crippen LogP contribution is -2.45. The van der Waals surface area contributed by atoms with E-state index < -0.39 is 16.1 Å². The van der Waals surface area contributed by atoms with Crippen LogP contribution in [0.3, 0.4) is 0 Å². The van der Waals surface area contributed by atoms with E-state index in [1.165, 1.54) is 20.5 Å². The zero-order chi connectivity index (χ0) is 18.4. The third-order valence-electron chi connectivity index (χ3n) is 4.20. The van der Waals surface area contributed by atoms with Crippen LogP contribution in [0.15, 0.2) is 56.9 Å². The quantitative estimate of drug-likeness (QED) is 0.536. The van der Waals surface area contributed by atoms with Crippen LogP contribution >= 0.6 is 23.1 Å². The second-order valence-corrected chi connectivity index (χ2v) is 10.2. The molecule has 0 saturated carbocycles. The Hall–Kier alpha value is -1.35. The molecule has 5 nitrogen and oxygen atoms in total. The van der Waals surface area contributed by atoms with Gasteiger partial charge in [-0.25, -0.2) is 8.42 Å². The highest BCUT2D eigenvalue weighted by atomic mass is 32.2. The molecule has 1 aromatic carbocycles. The maximum Gasteiger partial charge on any atom is 0.253 e. The predicted molar refractivity (Wildman–Crippen MR) is 106 cm³/mol. The molecule has 1 atom stereocenters. The number of benzene rings is 1. The SMILES string of the molecule is O=C(NCCCSc1ccccc1)C1CCCN1S(=O)(=O)c1cccs1. The average molecular weight is 411 g/mol. The first-order valence-electron chi connectivity index (χ1n) is 8.60. The van der Waals surface area contributed by atoms with Gasteiger partial charge in [0, 0.05) is 18.0 Å². The summed E-state index contributed by atoms with van der Waals surface area (Å²) in [5.74, 6) is 0.721. The monoisotopic (exact) mass is 410 g/mol. The summed E-state index contributed by atoms with van der Waals surface area (Å²) >= 11 is 2.94. The van der Waals surface area contributed by atoms with Crippen LogP contribution < -0.4 is 5.32 Å². The van der Waals surface area contributed by atoms with Gasteiger partial charge in [0.15, 0.2) is 0 Å². The molecule has 1 N–H and O–H groups in total. The number of hydrogen-bond donors (Lipinski definition) is 1. The zero-order valence-corrected chi connectivity index (χ0v) is 16.8. The van der Waals surface area contributed by atoms with Gasteiger partial charge in [-0.1, -0.05) is 24.3 Å². The van der Waals surface area contributed by atoms with E-state index in [0.29, 0.717) is 30.1 Å². The molecule has 0 bridgehead atoms. The fourth-order valence-electron chi connectivity index (χ4n) is 2.92. The van der Waals surface area contributed by atoms with Crippen molar-refractivity contribution in [3.05, 3.63) is 47.8 Å². The van der Waals surface area contributed by atoms with Crippen molar-refractivity contribution in [3.63, 3.8) is 0 Å².